The lowest BCUT2D eigenvalue weighted by Crippen LogP contribution is -2.50. The van der Waals surface area contributed by atoms with Gasteiger partial charge in [-0.15, -0.1) is 0 Å². The van der Waals surface area contributed by atoms with Crippen molar-refractivity contribution >= 4 is 67.9 Å². The van der Waals surface area contributed by atoms with Gasteiger partial charge in [0.2, 0.25) is 5.91 Å². The predicted molar refractivity (Wildman–Crippen MR) is 255 cm³/mol. The lowest BCUT2D eigenvalue weighted by Gasteiger charge is -2.37. The average Bonchev–Trinajstić information content (AvgIpc) is 3.59. The summed E-state index contributed by atoms with van der Waals surface area (Å²) in [4.78, 5) is 88.9. The summed E-state index contributed by atoms with van der Waals surface area (Å²) in [5.41, 5.74) is 4.38. The Morgan fingerprint density at radius 2 is 1.44 bits per heavy atom. The van der Waals surface area contributed by atoms with E-state index in [0.29, 0.717) is 60.4 Å². The quantitative estimate of drug-likeness (QED) is 0.0462. The smallest absolute Gasteiger partial charge is 0.321 e. The fourth-order valence-electron chi connectivity index (χ4n) is 8.61. The number of amides is 4. The molecule has 0 bridgehead atoms. The van der Waals surface area contributed by atoms with Crippen molar-refractivity contribution in [2.24, 2.45) is 5.92 Å². The van der Waals surface area contributed by atoms with Crippen molar-refractivity contribution in [3.8, 4) is 5.75 Å². The molecule has 70 heavy (non-hydrogen) atoms. The molecule has 6 aromatic rings. The molecule has 0 aliphatic carbocycles. The highest BCUT2D eigenvalue weighted by Crippen LogP contribution is 2.43. The number of carbonyl (C=O) groups excluding carboxylic acids is 5. The Morgan fingerprint density at radius 3 is 2.06 bits per heavy atom. The van der Waals surface area contributed by atoms with E-state index in [4.69, 9.17) is 9.47 Å². The van der Waals surface area contributed by atoms with Gasteiger partial charge in [-0.1, -0.05) is 36.4 Å². The van der Waals surface area contributed by atoms with Gasteiger partial charge in [0.25, 0.3) is 23.3 Å². The number of aliphatic hydroxyl groups is 1. The highest BCUT2D eigenvalue weighted by molar-refractivity contribution is 9.10. The Bertz CT molecular complexity index is 3060. The second-order valence-corrected chi connectivity index (χ2v) is 17.1. The number of aliphatic hydroxyl groups excluding tert-OH is 1. The number of carbonyl (C=O) groups is 5. The Hall–Kier alpha value is -7.42. The average molecular weight is 1020 g/mol. The van der Waals surface area contributed by atoms with E-state index in [2.05, 4.69) is 36.5 Å². The monoisotopic (exact) mass is 1020 g/mol. The third kappa shape index (κ3) is 9.61. The number of anilines is 2. The van der Waals surface area contributed by atoms with Crippen LogP contribution in [0, 0.1) is 17.6 Å². The predicted octanol–water partition coefficient (Wildman–Crippen LogP) is 5.45. The molecule has 6 heterocycles. The van der Waals surface area contributed by atoms with E-state index in [1.165, 1.54) is 39.9 Å². The number of hydrogen-bond donors (Lipinski definition) is 4. The lowest BCUT2D eigenvalue weighted by molar-refractivity contribution is -0.157. The highest BCUT2D eigenvalue weighted by Gasteiger charge is 2.47. The van der Waals surface area contributed by atoms with Gasteiger partial charge in [-0.3, -0.25) is 43.6 Å². The van der Waals surface area contributed by atoms with E-state index in [9.17, 15) is 47.8 Å². The van der Waals surface area contributed by atoms with Crippen molar-refractivity contribution in [2.45, 2.75) is 39.3 Å². The third-order valence-electron chi connectivity index (χ3n) is 12.0. The second kappa shape index (κ2) is 21.1. The number of halogens is 3. The SMILES string of the molecule is CCOC(=O)C1C(=O)N(CCN2C(=O)c3ccccc3C2=O)c2c(ncc(Cc3ccc(F)cc3)c2Br)C1O.CCOCCNC(=O)c1c(O)c2ncc(Cc3ccc(F)cc3)c3c2n(c1=O)CCN3. The Balaban J connectivity index is 0.000000193. The van der Waals surface area contributed by atoms with Gasteiger partial charge in [0.1, 0.15) is 28.8 Å². The number of pyridine rings is 3. The molecule has 3 aromatic heterocycles. The molecule has 3 aromatic carbocycles. The first-order chi connectivity index (χ1) is 33.7. The summed E-state index contributed by atoms with van der Waals surface area (Å²) in [5, 5.41) is 27.7. The number of nitrogens with zero attached hydrogens (tertiary/aromatic N) is 5. The van der Waals surface area contributed by atoms with E-state index in [0.717, 1.165) is 21.6 Å². The van der Waals surface area contributed by atoms with Crippen LogP contribution in [0.2, 0.25) is 0 Å². The number of aromatic nitrogens is 3. The number of nitrogens with one attached hydrogen (secondary N) is 2. The first-order valence-corrected chi connectivity index (χ1v) is 23.2. The van der Waals surface area contributed by atoms with Crippen molar-refractivity contribution in [1.82, 2.24) is 24.8 Å². The molecule has 4 N–H and O–H groups in total. The van der Waals surface area contributed by atoms with Crippen LogP contribution in [-0.2, 0) is 38.4 Å². The molecule has 0 saturated heterocycles. The summed E-state index contributed by atoms with van der Waals surface area (Å²) < 4.78 is 38.8. The van der Waals surface area contributed by atoms with Crippen LogP contribution in [0.3, 0.4) is 0 Å². The maximum absolute atomic E-state index is 13.6. The normalized spacial score (nSPS) is 15.8. The van der Waals surface area contributed by atoms with Crippen molar-refractivity contribution in [3.05, 3.63) is 156 Å². The van der Waals surface area contributed by atoms with Crippen LogP contribution in [0.1, 0.15) is 79.0 Å². The largest absolute Gasteiger partial charge is 0.505 e. The third-order valence-corrected chi connectivity index (χ3v) is 12.9. The van der Waals surface area contributed by atoms with Crippen LogP contribution in [0.25, 0.3) is 11.0 Å². The van der Waals surface area contributed by atoms with Gasteiger partial charge in [0.15, 0.2) is 11.7 Å². The van der Waals surface area contributed by atoms with Crippen LogP contribution >= 0.6 is 15.9 Å². The van der Waals surface area contributed by atoms with Gasteiger partial charge in [0, 0.05) is 74.6 Å². The van der Waals surface area contributed by atoms with Gasteiger partial charge in [-0.05, 0) is 82.9 Å². The summed E-state index contributed by atoms with van der Waals surface area (Å²) in [5.74, 6) is -5.97. The molecular weight excluding hydrogens is 976 g/mol. The number of esters is 1. The zero-order valence-electron chi connectivity index (χ0n) is 37.8. The van der Waals surface area contributed by atoms with Crippen molar-refractivity contribution in [2.75, 3.05) is 56.2 Å². The van der Waals surface area contributed by atoms with Gasteiger partial charge >= 0.3 is 5.97 Å². The summed E-state index contributed by atoms with van der Waals surface area (Å²) in [6.45, 7) is 5.00. The number of fused-ring (bicyclic) bond motifs is 2. The molecule has 4 amide bonds. The van der Waals surface area contributed by atoms with Crippen molar-refractivity contribution < 1.29 is 52.4 Å². The van der Waals surface area contributed by atoms with E-state index in [1.807, 2.05) is 6.92 Å². The standard InChI is InChI=1S/C28H23BrFN3O6.C22H23FN4O4/c1-2-39-28(38)20-24(34)22-23(21(29)16(14-31-22)13-15-7-9-17(30)10-8-15)32(27(20)37)11-12-33-25(35)18-5-3-4-6-19(18)26(33)36;1-2-31-10-8-25-21(29)16-20(28)18-19-17(24-7-9-27(19)22(16)30)14(12-26-18)11-13-3-5-15(23)6-4-13/h3-10,14,20,24,34H,2,11-13H2,1H3;3-6,12,24,28H,2,7-11H2,1H3,(H,25,29). The molecule has 2 unspecified atom stereocenters. The number of imide groups is 1. The fraction of sp³-hybridized carbons (Fsp3) is 0.280. The molecule has 362 valence electrons. The summed E-state index contributed by atoms with van der Waals surface area (Å²) >= 11 is 3.54. The van der Waals surface area contributed by atoms with E-state index in [1.54, 1.807) is 61.7 Å². The minimum atomic E-state index is -1.57. The first-order valence-electron chi connectivity index (χ1n) is 22.4. The summed E-state index contributed by atoms with van der Waals surface area (Å²) in [7, 11) is 0. The number of benzene rings is 3. The molecule has 2 atom stereocenters. The van der Waals surface area contributed by atoms with Gasteiger partial charge in [-0.25, -0.2) is 8.78 Å². The maximum atomic E-state index is 13.6. The van der Waals surface area contributed by atoms with Crippen LogP contribution in [0.4, 0.5) is 20.2 Å². The number of rotatable bonds is 14. The summed E-state index contributed by atoms with van der Waals surface area (Å²) in [6.07, 6.45) is 2.35. The fourth-order valence-corrected chi connectivity index (χ4v) is 9.27. The Morgan fingerprint density at radius 1 is 0.843 bits per heavy atom. The van der Waals surface area contributed by atoms with Gasteiger partial charge < -0.3 is 39.8 Å². The number of ether oxygens (including phenoxy) is 2. The highest BCUT2D eigenvalue weighted by atomic mass is 79.9. The molecule has 17 nitrogen and oxygen atoms in total. The molecule has 3 aliphatic rings. The van der Waals surface area contributed by atoms with Crippen LogP contribution < -0.4 is 21.1 Å². The minimum Gasteiger partial charge on any atom is -0.505 e. The molecule has 0 radical (unpaired) electrons. The molecule has 9 rings (SSSR count). The molecule has 0 fully saturated rings. The van der Waals surface area contributed by atoms with E-state index < -0.39 is 52.9 Å². The number of hydrogen-bond acceptors (Lipinski definition) is 13. The molecule has 3 aliphatic heterocycles. The van der Waals surface area contributed by atoms with Crippen LogP contribution in [-0.4, -0.2) is 105 Å². The zero-order valence-corrected chi connectivity index (χ0v) is 39.4. The zero-order chi connectivity index (χ0) is 49.8. The van der Waals surface area contributed by atoms with Gasteiger partial charge in [-0.2, -0.15) is 0 Å². The van der Waals surface area contributed by atoms with Crippen LogP contribution in [0.15, 0.2) is 94.5 Å². The van der Waals surface area contributed by atoms with Crippen molar-refractivity contribution in [3.63, 3.8) is 0 Å². The van der Waals surface area contributed by atoms with E-state index in [-0.39, 0.29) is 71.5 Å². The Labute approximate surface area is 407 Å². The van der Waals surface area contributed by atoms with E-state index >= 15 is 0 Å². The molecule has 0 spiro atoms. The molecule has 0 saturated carbocycles. The number of aromatic hydroxyl groups is 1. The van der Waals surface area contributed by atoms with Crippen molar-refractivity contribution in [1.29, 1.82) is 0 Å². The second-order valence-electron chi connectivity index (χ2n) is 16.3. The maximum Gasteiger partial charge on any atom is 0.321 e. The lowest BCUT2D eigenvalue weighted by atomic mass is 9.91. The topological polar surface area (TPSA) is 223 Å². The summed E-state index contributed by atoms with van der Waals surface area (Å²) in [6, 6.07) is 18.5. The Kier molecular flexibility index (Phi) is 14.8. The van der Waals surface area contributed by atoms with Crippen LogP contribution in [0.5, 0.6) is 5.75 Å². The van der Waals surface area contributed by atoms with Gasteiger partial charge in [0.05, 0.1) is 46.9 Å². The molecular formula is C50H46BrF2N7O10. The first kappa shape index (κ1) is 49.0. The minimum absolute atomic E-state index is 0.00492. The molecule has 20 heteroatoms.